The van der Waals surface area contributed by atoms with Crippen molar-refractivity contribution in [2.75, 3.05) is 0 Å². The van der Waals surface area contributed by atoms with Crippen molar-refractivity contribution in [3.63, 3.8) is 0 Å². The van der Waals surface area contributed by atoms with Crippen LogP contribution in [0.25, 0.3) is 10.8 Å². The minimum atomic E-state index is 0.539. The van der Waals surface area contributed by atoms with E-state index in [1.165, 1.54) is 0 Å². The van der Waals surface area contributed by atoms with E-state index >= 15 is 0 Å². The van der Waals surface area contributed by atoms with Gasteiger partial charge in [-0.25, -0.2) is 9.67 Å². The smallest absolute Gasteiger partial charge is 0.236 e. The van der Waals surface area contributed by atoms with Crippen LogP contribution in [-0.4, -0.2) is 25.2 Å². The maximum atomic E-state index is 5.48. The Morgan fingerprint density at radius 1 is 1.42 bits per heavy atom. The van der Waals surface area contributed by atoms with Crippen molar-refractivity contribution < 1.29 is 4.42 Å². The highest BCUT2D eigenvalue weighted by molar-refractivity contribution is 7.13. The van der Waals surface area contributed by atoms with Gasteiger partial charge in [0.05, 0.1) is 11.4 Å². The highest BCUT2D eigenvalue weighted by Crippen LogP contribution is 2.23. The van der Waals surface area contributed by atoms with Crippen molar-refractivity contribution in [3.8, 4) is 10.8 Å². The van der Waals surface area contributed by atoms with Crippen LogP contribution in [0.2, 0.25) is 0 Å². The number of aryl methyl sites for hydroxylation is 1. The Kier molecular flexibility index (Phi) is 3.37. The summed E-state index contributed by atoms with van der Waals surface area (Å²) in [5.74, 6) is 1.53. The summed E-state index contributed by atoms with van der Waals surface area (Å²) in [7, 11) is 0. The number of rotatable bonds is 5. The Morgan fingerprint density at radius 2 is 2.37 bits per heavy atom. The fraction of sp³-hybridized carbons (Fsp3) is 0.333. The lowest BCUT2D eigenvalue weighted by Crippen LogP contribution is -2.07. The standard InChI is InChI=1S/C12H13N5OS/c1-2-4-11-14-15-16-17(11)7-9-8-18-12(13-9)10-5-3-6-19-10/h3,5-6,8H,2,4,7H2,1H3. The molecule has 0 fully saturated rings. The van der Waals surface area contributed by atoms with Gasteiger partial charge in [0.2, 0.25) is 5.89 Å². The Hall–Kier alpha value is -2.02. The molecule has 3 aromatic heterocycles. The summed E-state index contributed by atoms with van der Waals surface area (Å²) in [5, 5.41) is 13.7. The van der Waals surface area contributed by atoms with Crippen molar-refractivity contribution >= 4 is 11.3 Å². The maximum Gasteiger partial charge on any atom is 0.236 e. The van der Waals surface area contributed by atoms with Crippen LogP contribution in [0.4, 0.5) is 0 Å². The average molecular weight is 275 g/mol. The van der Waals surface area contributed by atoms with Gasteiger partial charge in [-0.05, 0) is 28.3 Å². The van der Waals surface area contributed by atoms with Crippen LogP contribution in [0.3, 0.4) is 0 Å². The van der Waals surface area contributed by atoms with Crippen molar-refractivity contribution in [1.29, 1.82) is 0 Å². The van der Waals surface area contributed by atoms with Gasteiger partial charge in [-0.3, -0.25) is 0 Å². The SMILES string of the molecule is CCCc1nnnn1Cc1coc(-c2cccs2)n1. The van der Waals surface area contributed by atoms with Gasteiger partial charge in [0.15, 0.2) is 5.82 Å². The summed E-state index contributed by atoms with van der Waals surface area (Å²) in [5.41, 5.74) is 0.827. The molecule has 0 spiro atoms. The van der Waals surface area contributed by atoms with E-state index in [9.17, 15) is 0 Å². The lowest BCUT2D eigenvalue weighted by molar-refractivity contribution is 0.566. The third-order valence-electron chi connectivity index (χ3n) is 2.68. The quantitative estimate of drug-likeness (QED) is 0.715. The van der Waals surface area contributed by atoms with E-state index in [-0.39, 0.29) is 0 Å². The Bertz CT molecular complexity index is 643. The second kappa shape index (κ2) is 5.31. The van der Waals surface area contributed by atoms with Crippen LogP contribution in [0.15, 0.2) is 28.2 Å². The van der Waals surface area contributed by atoms with Crippen molar-refractivity contribution in [2.45, 2.75) is 26.3 Å². The molecule has 6 nitrogen and oxygen atoms in total. The molecule has 3 aromatic rings. The molecule has 0 aliphatic rings. The predicted molar refractivity (Wildman–Crippen MR) is 70.7 cm³/mol. The van der Waals surface area contributed by atoms with Gasteiger partial charge >= 0.3 is 0 Å². The first-order valence-electron chi connectivity index (χ1n) is 6.10. The van der Waals surface area contributed by atoms with Crippen molar-refractivity contribution in [3.05, 3.63) is 35.3 Å². The summed E-state index contributed by atoms with van der Waals surface area (Å²) in [4.78, 5) is 5.48. The molecule has 3 rings (SSSR count). The first-order chi connectivity index (χ1) is 9.36. The molecular formula is C12H13N5OS. The van der Waals surface area contributed by atoms with Crippen LogP contribution in [-0.2, 0) is 13.0 Å². The second-order valence-electron chi connectivity index (χ2n) is 4.12. The zero-order valence-corrected chi connectivity index (χ0v) is 11.3. The van der Waals surface area contributed by atoms with Crippen molar-refractivity contribution in [2.24, 2.45) is 0 Å². The monoisotopic (exact) mass is 275 g/mol. The first kappa shape index (κ1) is 12.0. The van der Waals surface area contributed by atoms with Crippen LogP contribution in [0, 0.1) is 0 Å². The molecular weight excluding hydrogens is 262 g/mol. The van der Waals surface area contributed by atoms with Gasteiger partial charge in [-0.15, -0.1) is 16.4 Å². The van der Waals surface area contributed by atoms with Gasteiger partial charge in [0.25, 0.3) is 0 Å². The molecule has 0 aromatic carbocycles. The van der Waals surface area contributed by atoms with Crippen LogP contribution < -0.4 is 0 Å². The normalized spacial score (nSPS) is 11.0. The third kappa shape index (κ3) is 2.55. The molecule has 0 aliphatic carbocycles. The number of thiophene rings is 1. The molecule has 0 N–H and O–H groups in total. The number of nitrogens with zero attached hydrogens (tertiary/aromatic N) is 5. The van der Waals surface area contributed by atoms with Crippen LogP contribution in [0.1, 0.15) is 24.9 Å². The molecule has 0 amide bonds. The van der Waals surface area contributed by atoms with Gasteiger partial charge in [0.1, 0.15) is 12.0 Å². The molecule has 0 saturated carbocycles. The highest BCUT2D eigenvalue weighted by atomic mass is 32.1. The van der Waals surface area contributed by atoms with Gasteiger partial charge < -0.3 is 4.42 Å². The summed E-state index contributed by atoms with van der Waals surface area (Å²) in [6.45, 7) is 2.64. The summed E-state index contributed by atoms with van der Waals surface area (Å²) < 4.78 is 7.24. The predicted octanol–water partition coefficient (Wildman–Crippen LogP) is 2.39. The highest BCUT2D eigenvalue weighted by Gasteiger charge is 2.11. The molecule has 98 valence electrons. The fourth-order valence-electron chi connectivity index (χ4n) is 1.80. The van der Waals surface area contributed by atoms with E-state index in [1.807, 2.05) is 17.5 Å². The zero-order valence-electron chi connectivity index (χ0n) is 10.5. The van der Waals surface area contributed by atoms with E-state index in [0.717, 1.165) is 29.2 Å². The van der Waals surface area contributed by atoms with E-state index in [1.54, 1.807) is 22.3 Å². The van der Waals surface area contributed by atoms with E-state index in [4.69, 9.17) is 4.42 Å². The minimum absolute atomic E-state index is 0.539. The second-order valence-corrected chi connectivity index (χ2v) is 5.07. The summed E-state index contributed by atoms with van der Waals surface area (Å²) >= 11 is 1.61. The number of aromatic nitrogens is 5. The molecule has 0 bridgehead atoms. The maximum absolute atomic E-state index is 5.48. The third-order valence-corrected chi connectivity index (χ3v) is 3.53. The number of tetrazole rings is 1. The molecule has 0 unspecified atom stereocenters. The molecule has 0 atom stereocenters. The zero-order chi connectivity index (χ0) is 13.1. The van der Waals surface area contributed by atoms with Gasteiger partial charge in [0, 0.05) is 6.42 Å². The lowest BCUT2D eigenvalue weighted by atomic mass is 10.3. The van der Waals surface area contributed by atoms with Crippen molar-refractivity contribution in [1.82, 2.24) is 25.2 Å². The topological polar surface area (TPSA) is 69.6 Å². The van der Waals surface area contributed by atoms with Gasteiger partial charge in [-0.2, -0.15) is 0 Å². The molecule has 7 heteroatoms. The summed E-state index contributed by atoms with van der Waals surface area (Å²) in [6, 6.07) is 3.96. The van der Waals surface area contributed by atoms with E-state index in [0.29, 0.717) is 12.4 Å². The number of hydrogen-bond acceptors (Lipinski definition) is 6. The Balaban J connectivity index is 1.78. The average Bonchev–Trinajstić information content (AvgIpc) is 3.12. The van der Waals surface area contributed by atoms with Gasteiger partial charge in [-0.1, -0.05) is 13.0 Å². The van der Waals surface area contributed by atoms with Crippen LogP contribution >= 0.6 is 11.3 Å². The molecule has 0 saturated heterocycles. The molecule has 0 radical (unpaired) electrons. The Morgan fingerprint density at radius 3 is 3.16 bits per heavy atom. The minimum Gasteiger partial charge on any atom is -0.443 e. The molecule has 0 aliphatic heterocycles. The largest absolute Gasteiger partial charge is 0.443 e. The molecule has 19 heavy (non-hydrogen) atoms. The van der Waals surface area contributed by atoms with Crippen LogP contribution in [0.5, 0.6) is 0 Å². The summed E-state index contributed by atoms with van der Waals surface area (Å²) in [6.07, 6.45) is 3.54. The lowest BCUT2D eigenvalue weighted by Gasteiger charge is -1.99. The Labute approximate surface area is 114 Å². The number of oxazole rings is 1. The first-order valence-corrected chi connectivity index (χ1v) is 6.98. The molecule has 3 heterocycles. The fourth-order valence-corrected chi connectivity index (χ4v) is 2.45. The van der Waals surface area contributed by atoms with E-state index in [2.05, 4.69) is 27.4 Å². The number of hydrogen-bond donors (Lipinski definition) is 0. The van der Waals surface area contributed by atoms with E-state index < -0.39 is 0 Å².